The van der Waals surface area contributed by atoms with E-state index < -0.39 is 0 Å². The second-order valence-electron chi connectivity index (χ2n) is 4.63. The Balaban J connectivity index is 2.30. The van der Waals surface area contributed by atoms with Gasteiger partial charge in [0.25, 0.3) is 5.91 Å². The lowest BCUT2D eigenvalue weighted by molar-refractivity contribution is -0.120. The van der Waals surface area contributed by atoms with Gasteiger partial charge in [0.05, 0.1) is 5.69 Å². The number of rotatable bonds is 4. The Morgan fingerprint density at radius 1 is 1.50 bits per heavy atom. The van der Waals surface area contributed by atoms with Crippen LogP contribution in [0.1, 0.15) is 24.8 Å². The summed E-state index contributed by atoms with van der Waals surface area (Å²) in [6, 6.07) is 6.12. The first-order valence-electron chi connectivity index (χ1n) is 6.35. The number of carbonyl (C=O) groups excluding carboxylic acids is 1. The summed E-state index contributed by atoms with van der Waals surface area (Å²) < 4.78 is 5.51. The molecule has 4 nitrogen and oxygen atoms in total. The summed E-state index contributed by atoms with van der Waals surface area (Å²) in [5.74, 6) is 1.29. The Hall–Kier alpha value is -1.55. The number of fused-ring (bicyclic) bond motifs is 1. The van der Waals surface area contributed by atoms with E-state index in [2.05, 4.69) is 24.4 Å². The lowest BCUT2D eigenvalue weighted by Crippen LogP contribution is -2.35. The predicted molar refractivity (Wildman–Crippen MR) is 72.3 cm³/mol. The first-order valence-corrected chi connectivity index (χ1v) is 6.35. The molecule has 1 N–H and O–H groups in total. The Morgan fingerprint density at radius 3 is 2.94 bits per heavy atom. The van der Waals surface area contributed by atoms with Gasteiger partial charge in [0.1, 0.15) is 5.75 Å². The number of benzene rings is 1. The van der Waals surface area contributed by atoms with Gasteiger partial charge in [0.2, 0.25) is 0 Å². The third kappa shape index (κ3) is 2.34. The molecule has 2 rings (SSSR count). The van der Waals surface area contributed by atoms with Gasteiger partial charge < -0.3 is 15.0 Å². The second kappa shape index (κ2) is 5.40. The Bertz CT molecular complexity index is 445. The SMILES string of the molecule is CCC(CNC)c1ccc2c(c1)OCC(=O)N2C. The number of ether oxygens (including phenoxy) is 1. The van der Waals surface area contributed by atoms with Crippen LogP contribution in [0.2, 0.25) is 0 Å². The molecule has 0 saturated carbocycles. The number of amides is 1. The predicted octanol–water partition coefficient (Wildman–Crippen LogP) is 1.75. The second-order valence-corrected chi connectivity index (χ2v) is 4.63. The molecule has 0 spiro atoms. The van der Waals surface area contributed by atoms with Crippen molar-refractivity contribution >= 4 is 11.6 Å². The van der Waals surface area contributed by atoms with Gasteiger partial charge in [-0.15, -0.1) is 0 Å². The molecule has 1 aliphatic heterocycles. The van der Waals surface area contributed by atoms with Gasteiger partial charge in [-0.25, -0.2) is 0 Å². The van der Waals surface area contributed by atoms with Crippen LogP contribution >= 0.6 is 0 Å². The zero-order valence-corrected chi connectivity index (χ0v) is 11.2. The van der Waals surface area contributed by atoms with E-state index in [1.165, 1.54) is 5.56 Å². The summed E-state index contributed by atoms with van der Waals surface area (Å²) in [7, 11) is 3.75. The van der Waals surface area contributed by atoms with Crippen LogP contribution in [-0.4, -0.2) is 33.2 Å². The number of likely N-dealkylation sites (N-methyl/N-ethyl adjacent to an activating group) is 2. The standard InChI is InChI=1S/C14H20N2O2/c1-4-10(8-15-2)11-5-6-12-13(7-11)18-9-14(17)16(12)3/h5-7,10,15H,4,8-9H2,1-3H3. The fourth-order valence-electron chi connectivity index (χ4n) is 2.29. The summed E-state index contributed by atoms with van der Waals surface area (Å²) in [5.41, 5.74) is 2.11. The minimum Gasteiger partial charge on any atom is -0.482 e. The maximum Gasteiger partial charge on any atom is 0.264 e. The quantitative estimate of drug-likeness (QED) is 0.882. The zero-order valence-electron chi connectivity index (χ0n) is 11.2. The molecule has 0 aromatic heterocycles. The van der Waals surface area contributed by atoms with E-state index >= 15 is 0 Å². The molecular weight excluding hydrogens is 228 g/mol. The van der Waals surface area contributed by atoms with Crippen molar-refractivity contribution in [2.24, 2.45) is 0 Å². The van der Waals surface area contributed by atoms with Crippen molar-refractivity contribution in [1.29, 1.82) is 0 Å². The number of anilines is 1. The summed E-state index contributed by atoms with van der Waals surface area (Å²) in [4.78, 5) is 13.2. The highest BCUT2D eigenvalue weighted by Gasteiger charge is 2.23. The van der Waals surface area contributed by atoms with Crippen LogP contribution in [0, 0.1) is 0 Å². The summed E-state index contributed by atoms with van der Waals surface area (Å²) in [6.07, 6.45) is 1.08. The highest BCUT2D eigenvalue weighted by molar-refractivity contribution is 5.97. The first kappa shape index (κ1) is 12.9. The van der Waals surface area contributed by atoms with E-state index in [0.717, 1.165) is 24.4 Å². The zero-order chi connectivity index (χ0) is 13.1. The van der Waals surface area contributed by atoms with Crippen molar-refractivity contribution in [3.63, 3.8) is 0 Å². The molecule has 1 atom stereocenters. The third-order valence-electron chi connectivity index (χ3n) is 3.49. The highest BCUT2D eigenvalue weighted by atomic mass is 16.5. The number of nitrogens with zero attached hydrogens (tertiary/aromatic N) is 1. The fraction of sp³-hybridized carbons (Fsp3) is 0.500. The molecule has 1 amide bonds. The maximum atomic E-state index is 11.5. The number of nitrogens with one attached hydrogen (secondary N) is 1. The topological polar surface area (TPSA) is 41.6 Å². The van der Waals surface area contributed by atoms with Crippen LogP contribution in [0.3, 0.4) is 0 Å². The summed E-state index contributed by atoms with van der Waals surface area (Å²) >= 11 is 0. The van der Waals surface area contributed by atoms with Crippen molar-refractivity contribution < 1.29 is 9.53 Å². The molecule has 0 radical (unpaired) electrons. The first-order chi connectivity index (χ1) is 8.67. The molecule has 1 heterocycles. The van der Waals surface area contributed by atoms with Gasteiger partial charge >= 0.3 is 0 Å². The van der Waals surface area contributed by atoms with Gasteiger partial charge in [-0.05, 0) is 37.1 Å². The van der Waals surface area contributed by atoms with E-state index in [1.807, 2.05) is 13.1 Å². The van der Waals surface area contributed by atoms with Gasteiger partial charge in [0.15, 0.2) is 6.61 Å². The Labute approximate surface area is 108 Å². The number of hydrogen-bond donors (Lipinski definition) is 1. The molecule has 4 heteroatoms. The van der Waals surface area contributed by atoms with Gasteiger partial charge in [-0.2, -0.15) is 0 Å². The summed E-state index contributed by atoms with van der Waals surface area (Å²) in [5, 5.41) is 3.21. The average molecular weight is 248 g/mol. The molecule has 0 aliphatic carbocycles. The van der Waals surface area contributed by atoms with E-state index in [4.69, 9.17) is 4.74 Å². The van der Waals surface area contributed by atoms with E-state index in [-0.39, 0.29) is 12.5 Å². The van der Waals surface area contributed by atoms with Crippen molar-refractivity contribution in [2.45, 2.75) is 19.3 Å². The van der Waals surface area contributed by atoms with Crippen LogP contribution in [0.4, 0.5) is 5.69 Å². The van der Waals surface area contributed by atoms with Crippen LogP contribution in [-0.2, 0) is 4.79 Å². The Morgan fingerprint density at radius 2 is 2.28 bits per heavy atom. The Kier molecular flexibility index (Phi) is 3.87. The molecule has 0 bridgehead atoms. The van der Waals surface area contributed by atoms with Gasteiger partial charge in [0, 0.05) is 13.6 Å². The average Bonchev–Trinajstić information content (AvgIpc) is 2.40. The van der Waals surface area contributed by atoms with Crippen molar-refractivity contribution in [3.05, 3.63) is 23.8 Å². The summed E-state index contributed by atoms with van der Waals surface area (Å²) in [6.45, 7) is 3.26. The molecule has 1 aromatic rings. The molecule has 98 valence electrons. The van der Waals surface area contributed by atoms with Crippen LogP contribution in [0.5, 0.6) is 5.75 Å². The molecule has 0 saturated heterocycles. The van der Waals surface area contributed by atoms with Crippen molar-refractivity contribution in [3.8, 4) is 5.75 Å². The molecule has 18 heavy (non-hydrogen) atoms. The number of hydrogen-bond acceptors (Lipinski definition) is 3. The van der Waals surface area contributed by atoms with Crippen LogP contribution in [0.25, 0.3) is 0 Å². The van der Waals surface area contributed by atoms with E-state index in [0.29, 0.717) is 5.92 Å². The molecule has 0 fully saturated rings. The lowest BCUT2D eigenvalue weighted by atomic mass is 9.95. The van der Waals surface area contributed by atoms with Crippen molar-refractivity contribution in [1.82, 2.24) is 5.32 Å². The molecule has 1 aliphatic rings. The van der Waals surface area contributed by atoms with E-state index in [1.54, 1.807) is 11.9 Å². The maximum absolute atomic E-state index is 11.5. The van der Waals surface area contributed by atoms with Crippen LogP contribution < -0.4 is 15.0 Å². The highest BCUT2D eigenvalue weighted by Crippen LogP contribution is 2.34. The monoisotopic (exact) mass is 248 g/mol. The molecule has 1 aromatic carbocycles. The van der Waals surface area contributed by atoms with Crippen molar-refractivity contribution in [2.75, 3.05) is 32.1 Å². The third-order valence-corrected chi connectivity index (χ3v) is 3.49. The van der Waals surface area contributed by atoms with Crippen LogP contribution in [0.15, 0.2) is 18.2 Å². The fourth-order valence-corrected chi connectivity index (χ4v) is 2.29. The lowest BCUT2D eigenvalue weighted by Gasteiger charge is -2.27. The largest absolute Gasteiger partial charge is 0.482 e. The number of carbonyl (C=O) groups is 1. The van der Waals surface area contributed by atoms with Gasteiger partial charge in [-0.1, -0.05) is 13.0 Å². The van der Waals surface area contributed by atoms with Gasteiger partial charge in [-0.3, -0.25) is 4.79 Å². The minimum atomic E-state index is -0.00230. The molecular formula is C14H20N2O2. The van der Waals surface area contributed by atoms with E-state index in [9.17, 15) is 4.79 Å². The minimum absolute atomic E-state index is 0.00230. The normalized spacial score (nSPS) is 16.2. The molecule has 1 unspecified atom stereocenters. The smallest absolute Gasteiger partial charge is 0.264 e.